The molecule has 0 spiro atoms. The highest BCUT2D eigenvalue weighted by molar-refractivity contribution is 7.84. The second-order valence-corrected chi connectivity index (χ2v) is 2.09. The first-order valence-electron chi connectivity index (χ1n) is 2.78. The number of hydrogen-bond donors (Lipinski definition) is 1. The number of thiol groups is 1. The molecule has 0 aliphatic heterocycles. The van der Waals surface area contributed by atoms with Crippen molar-refractivity contribution in [2.24, 2.45) is 0 Å². The molecule has 0 aromatic carbocycles. The van der Waals surface area contributed by atoms with Crippen LogP contribution in [0.2, 0.25) is 0 Å². The van der Waals surface area contributed by atoms with Gasteiger partial charge in [-0.2, -0.15) is 0 Å². The Hall–Kier alpha value is -0.110. The van der Waals surface area contributed by atoms with Crippen LogP contribution in [0.15, 0.2) is 11.7 Å². The van der Waals surface area contributed by atoms with E-state index in [1.807, 2.05) is 0 Å². The third-order valence-corrected chi connectivity index (χ3v) is 0.896. The third-order valence-electron chi connectivity index (χ3n) is 0.767. The summed E-state index contributed by atoms with van der Waals surface area (Å²) in [4.78, 5) is 0. The maximum atomic E-state index is 4.95. The predicted octanol–water partition coefficient (Wildman–Crippen LogP) is 2.20. The molecule has 0 unspecified atom stereocenters. The highest BCUT2D eigenvalue weighted by atomic mass is 32.1. The van der Waals surface area contributed by atoms with Gasteiger partial charge in [0, 0.05) is 0 Å². The molecule has 0 bridgehead atoms. The number of rotatable bonds is 4. The fraction of sp³-hybridized carbons (Fsp3) is 0.667. The summed E-state index contributed by atoms with van der Waals surface area (Å²) in [6, 6.07) is 0. The normalized spacial score (nSPS) is 8.75. The van der Waals surface area contributed by atoms with Crippen LogP contribution in [0.1, 0.15) is 19.8 Å². The highest BCUT2D eigenvalue weighted by Gasteiger charge is 1.83. The minimum absolute atomic E-state index is 0.512. The predicted molar refractivity (Wildman–Crippen MR) is 39.0 cm³/mol. The van der Waals surface area contributed by atoms with Crippen LogP contribution in [-0.2, 0) is 4.74 Å². The van der Waals surface area contributed by atoms with Gasteiger partial charge in [-0.1, -0.05) is 19.9 Å². The molecule has 8 heavy (non-hydrogen) atoms. The van der Waals surface area contributed by atoms with Crippen molar-refractivity contribution in [3.8, 4) is 0 Å². The van der Waals surface area contributed by atoms with Crippen molar-refractivity contribution in [2.75, 3.05) is 6.61 Å². The molecule has 48 valence electrons. The average Bonchev–Trinajstić information content (AvgIpc) is 1.66. The van der Waals surface area contributed by atoms with Crippen molar-refractivity contribution in [1.82, 2.24) is 0 Å². The first kappa shape index (κ1) is 7.89. The van der Waals surface area contributed by atoms with E-state index in [-0.39, 0.29) is 0 Å². The maximum Gasteiger partial charge on any atom is 0.142 e. The van der Waals surface area contributed by atoms with E-state index in [1.54, 1.807) is 0 Å². The monoisotopic (exact) mass is 132 g/mol. The Bertz CT molecular complexity index is 70.9. The lowest BCUT2D eigenvalue weighted by Crippen LogP contribution is -1.87. The fourth-order valence-electron chi connectivity index (χ4n) is 0.334. The van der Waals surface area contributed by atoms with Crippen LogP contribution >= 0.6 is 12.6 Å². The molecule has 0 rings (SSSR count). The van der Waals surface area contributed by atoms with E-state index >= 15 is 0 Å². The standard InChI is InChI=1S/C6H12OS/c1-3-4-5-7-6(2)8/h8H,2-5H2,1H3. The van der Waals surface area contributed by atoms with E-state index in [4.69, 9.17) is 4.74 Å². The molecule has 0 amide bonds. The van der Waals surface area contributed by atoms with Gasteiger partial charge in [0.2, 0.25) is 0 Å². The SMILES string of the molecule is C=C(S)OCCCC. The second kappa shape index (κ2) is 5.04. The molecule has 0 aromatic heterocycles. The van der Waals surface area contributed by atoms with Gasteiger partial charge < -0.3 is 4.74 Å². The van der Waals surface area contributed by atoms with Crippen molar-refractivity contribution >= 4 is 12.6 Å². The third kappa shape index (κ3) is 5.89. The summed E-state index contributed by atoms with van der Waals surface area (Å²) in [5.74, 6) is 0. The summed E-state index contributed by atoms with van der Waals surface area (Å²) >= 11 is 3.85. The van der Waals surface area contributed by atoms with E-state index in [0.717, 1.165) is 19.4 Å². The molecular weight excluding hydrogens is 120 g/mol. The van der Waals surface area contributed by atoms with Gasteiger partial charge in [-0.05, 0) is 6.42 Å². The van der Waals surface area contributed by atoms with Crippen LogP contribution in [0.5, 0.6) is 0 Å². The van der Waals surface area contributed by atoms with Crippen LogP contribution in [0, 0.1) is 0 Å². The molecule has 0 heterocycles. The fourth-order valence-corrected chi connectivity index (χ4v) is 0.426. The van der Waals surface area contributed by atoms with E-state index < -0.39 is 0 Å². The molecule has 0 N–H and O–H groups in total. The van der Waals surface area contributed by atoms with Crippen LogP contribution in [0.4, 0.5) is 0 Å². The molecule has 0 saturated carbocycles. The van der Waals surface area contributed by atoms with Crippen LogP contribution in [-0.4, -0.2) is 6.61 Å². The zero-order chi connectivity index (χ0) is 6.41. The van der Waals surface area contributed by atoms with E-state index in [2.05, 4.69) is 26.1 Å². The minimum atomic E-state index is 0.512. The van der Waals surface area contributed by atoms with Crippen molar-refractivity contribution < 1.29 is 4.74 Å². The molecule has 2 heteroatoms. The van der Waals surface area contributed by atoms with Gasteiger partial charge in [-0.3, -0.25) is 0 Å². The molecule has 1 nitrogen and oxygen atoms in total. The van der Waals surface area contributed by atoms with Crippen molar-refractivity contribution in [3.05, 3.63) is 11.7 Å². The quantitative estimate of drug-likeness (QED) is 0.350. The van der Waals surface area contributed by atoms with Gasteiger partial charge in [0.25, 0.3) is 0 Å². The molecule has 0 atom stereocenters. The lowest BCUT2D eigenvalue weighted by Gasteiger charge is -2.00. The zero-order valence-corrected chi connectivity index (χ0v) is 6.08. The Morgan fingerprint density at radius 1 is 1.75 bits per heavy atom. The number of unbranched alkanes of at least 4 members (excludes halogenated alkanes) is 1. The molecule has 0 aliphatic rings. The van der Waals surface area contributed by atoms with Crippen LogP contribution in [0.25, 0.3) is 0 Å². The minimum Gasteiger partial charge on any atom is -0.488 e. The van der Waals surface area contributed by atoms with Crippen LogP contribution in [0.3, 0.4) is 0 Å². The van der Waals surface area contributed by atoms with Crippen molar-refractivity contribution in [1.29, 1.82) is 0 Å². The van der Waals surface area contributed by atoms with Gasteiger partial charge in [-0.15, -0.1) is 12.6 Å². The maximum absolute atomic E-state index is 4.95. The first-order valence-corrected chi connectivity index (χ1v) is 3.22. The van der Waals surface area contributed by atoms with Crippen LogP contribution < -0.4 is 0 Å². The Labute approximate surface area is 56.1 Å². The molecule has 0 aliphatic carbocycles. The first-order chi connectivity index (χ1) is 3.77. The summed E-state index contributed by atoms with van der Waals surface area (Å²) in [6.45, 7) is 6.33. The molecule has 0 radical (unpaired) electrons. The Morgan fingerprint density at radius 2 is 2.38 bits per heavy atom. The van der Waals surface area contributed by atoms with E-state index in [0.29, 0.717) is 5.09 Å². The van der Waals surface area contributed by atoms with Gasteiger partial charge in [-0.25, -0.2) is 0 Å². The molecule has 0 aromatic rings. The second-order valence-electron chi connectivity index (χ2n) is 1.60. The Kier molecular flexibility index (Phi) is 4.97. The summed E-state index contributed by atoms with van der Waals surface area (Å²) in [5.41, 5.74) is 0. The average molecular weight is 132 g/mol. The summed E-state index contributed by atoms with van der Waals surface area (Å²) in [7, 11) is 0. The number of hydrogen-bond acceptors (Lipinski definition) is 2. The summed E-state index contributed by atoms with van der Waals surface area (Å²) < 4.78 is 4.95. The summed E-state index contributed by atoms with van der Waals surface area (Å²) in [6.07, 6.45) is 2.24. The zero-order valence-electron chi connectivity index (χ0n) is 5.18. The van der Waals surface area contributed by atoms with E-state index in [1.165, 1.54) is 0 Å². The van der Waals surface area contributed by atoms with Gasteiger partial charge in [0.1, 0.15) is 5.09 Å². The molecule has 0 fully saturated rings. The van der Waals surface area contributed by atoms with Crippen molar-refractivity contribution in [3.63, 3.8) is 0 Å². The highest BCUT2D eigenvalue weighted by Crippen LogP contribution is 1.99. The Morgan fingerprint density at radius 3 is 2.75 bits per heavy atom. The summed E-state index contributed by atoms with van der Waals surface area (Å²) in [5, 5.41) is 0.512. The van der Waals surface area contributed by atoms with E-state index in [9.17, 15) is 0 Å². The molecule has 0 saturated heterocycles. The van der Waals surface area contributed by atoms with Gasteiger partial charge in [0.05, 0.1) is 6.61 Å². The van der Waals surface area contributed by atoms with Gasteiger partial charge in [0.15, 0.2) is 0 Å². The smallest absolute Gasteiger partial charge is 0.142 e. The van der Waals surface area contributed by atoms with Crippen molar-refractivity contribution in [2.45, 2.75) is 19.8 Å². The largest absolute Gasteiger partial charge is 0.488 e. The number of ether oxygens (including phenoxy) is 1. The van der Waals surface area contributed by atoms with Gasteiger partial charge >= 0.3 is 0 Å². The topological polar surface area (TPSA) is 9.23 Å². The lowest BCUT2D eigenvalue weighted by molar-refractivity contribution is 0.235. The Balaban J connectivity index is 2.82. The molecular formula is C6H12OS. The lowest BCUT2D eigenvalue weighted by atomic mass is 10.4.